The molecule has 0 spiro atoms. The quantitative estimate of drug-likeness (QED) is 0.144. The molecule has 1 aliphatic rings. The summed E-state index contributed by atoms with van der Waals surface area (Å²) in [5.74, 6) is 2.65. The molecule has 0 aromatic rings. The number of phosphoric acid groups is 1. The summed E-state index contributed by atoms with van der Waals surface area (Å²) in [5, 5.41) is 18.2. The summed E-state index contributed by atoms with van der Waals surface area (Å²) in [5.41, 5.74) is 3.51. The monoisotopic (exact) mass is 415 g/mol. The van der Waals surface area contributed by atoms with E-state index in [2.05, 4.69) is 26.4 Å². The predicted octanol–water partition coefficient (Wildman–Crippen LogP) is 2.08. The van der Waals surface area contributed by atoms with Gasteiger partial charge in [0.1, 0.15) is 18.8 Å². The molecular weight excluding hydrogens is 381 g/mol. The van der Waals surface area contributed by atoms with Crippen LogP contribution in [0.2, 0.25) is 0 Å². The Balaban J connectivity index is 1.95. The van der Waals surface area contributed by atoms with E-state index in [9.17, 15) is 14.6 Å². The van der Waals surface area contributed by atoms with E-state index in [-0.39, 0.29) is 12.3 Å². The number of hydrogen-bond acceptors (Lipinski definition) is 6. The molecule has 28 heavy (non-hydrogen) atoms. The van der Waals surface area contributed by atoms with Gasteiger partial charge in [0.15, 0.2) is 5.66 Å². The van der Waals surface area contributed by atoms with E-state index >= 15 is 0 Å². The second-order valence-electron chi connectivity index (χ2n) is 7.34. The van der Waals surface area contributed by atoms with E-state index in [1.165, 1.54) is 19.3 Å². The van der Waals surface area contributed by atoms with Crippen LogP contribution in [0.3, 0.4) is 0 Å². The maximum atomic E-state index is 10.5. The molecule has 0 aromatic heterocycles. The van der Waals surface area contributed by atoms with Gasteiger partial charge >= 0.3 is 0 Å². The van der Waals surface area contributed by atoms with Crippen LogP contribution in [-0.2, 0) is 9.09 Å². The summed E-state index contributed by atoms with van der Waals surface area (Å²) in [7, 11) is -4.77. The van der Waals surface area contributed by atoms with Gasteiger partial charge in [0.05, 0.1) is 0 Å². The smallest absolute Gasteiger partial charge is 0.265 e. The lowest BCUT2D eigenvalue weighted by atomic mass is 9.98. The molecule has 0 saturated carbocycles. The van der Waals surface area contributed by atoms with Crippen molar-refractivity contribution < 1.29 is 29.7 Å². The lowest BCUT2D eigenvalue weighted by Gasteiger charge is -2.18. The van der Waals surface area contributed by atoms with E-state index in [0.717, 1.165) is 51.4 Å². The van der Waals surface area contributed by atoms with Gasteiger partial charge in [0.2, 0.25) is 0 Å². The van der Waals surface area contributed by atoms with Crippen LogP contribution in [0.15, 0.2) is 22.4 Å². The van der Waals surface area contributed by atoms with E-state index in [4.69, 9.17) is 11.3 Å². The first-order valence-corrected chi connectivity index (χ1v) is 11.5. The molecule has 1 aliphatic heterocycles. The summed E-state index contributed by atoms with van der Waals surface area (Å²) in [6, 6.07) is -0.662. The zero-order chi connectivity index (χ0) is 20.9. The molecule has 0 radical (unpaired) electrons. The van der Waals surface area contributed by atoms with Crippen LogP contribution in [-0.4, -0.2) is 34.4 Å². The molecule has 0 aliphatic carbocycles. The average molecular weight is 415 g/mol. The summed E-state index contributed by atoms with van der Waals surface area (Å²) in [6.07, 6.45) is 19.3. The summed E-state index contributed by atoms with van der Waals surface area (Å²) >= 11 is 0. The van der Waals surface area contributed by atoms with Gasteiger partial charge in [0, 0.05) is 6.42 Å². The fraction of sp³-hybridized carbons (Fsp3) is 0.789. The van der Waals surface area contributed by atoms with Crippen molar-refractivity contribution in [2.75, 3.05) is 6.61 Å². The Morgan fingerprint density at radius 3 is 2.39 bits per heavy atom. The minimum atomic E-state index is -4.77. The highest BCUT2D eigenvalue weighted by Gasteiger charge is 2.38. The largest absolute Gasteiger partial charge is 0.756 e. The third-order valence-corrected chi connectivity index (χ3v) is 5.22. The number of terminal acetylenes is 1. The number of allylic oxidation sites excluding steroid dienone is 1. The topological polar surface area (TPSA) is 142 Å². The Morgan fingerprint density at radius 2 is 1.79 bits per heavy atom. The highest BCUT2D eigenvalue weighted by molar-refractivity contribution is 7.44. The van der Waals surface area contributed by atoms with Crippen LogP contribution in [0.4, 0.5) is 0 Å². The van der Waals surface area contributed by atoms with Gasteiger partial charge in [-0.2, -0.15) is 10.2 Å². The fourth-order valence-corrected chi connectivity index (χ4v) is 3.31. The van der Waals surface area contributed by atoms with Gasteiger partial charge in [-0.1, -0.05) is 37.8 Å². The number of rotatable bonds is 17. The number of unbranched alkanes of at least 4 members (excludes halogenated alkanes) is 7. The van der Waals surface area contributed by atoms with Crippen LogP contribution >= 0.6 is 7.82 Å². The third-order valence-electron chi connectivity index (χ3n) is 4.75. The van der Waals surface area contributed by atoms with Crippen molar-refractivity contribution in [2.45, 2.75) is 88.4 Å². The predicted molar refractivity (Wildman–Crippen MR) is 105 cm³/mol. The van der Waals surface area contributed by atoms with Gasteiger partial charge in [-0.25, -0.2) is 0 Å². The summed E-state index contributed by atoms with van der Waals surface area (Å²) < 4.78 is 14.7. The summed E-state index contributed by atoms with van der Waals surface area (Å²) in [4.78, 5) is 19.0. The molecule has 160 valence electrons. The van der Waals surface area contributed by atoms with E-state index in [1.807, 2.05) is 6.08 Å². The molecule has 3 unspecified atom stereocenters. The second-order valence-corrected chi connectivity index (χ2v) is 8.54. The standard InChI is InChI=1S/C19H34N3O5P/c1-2-3-11-14-19(21-22-19)15-12-9-7-5-4-6-8-10-13-18(23)17(20)16-27-28(24,25)26/h1,10,13,17-18,23H,3-9,11-12,14-16,20H2,(H2,24,25,26)/b13-10+. The Hall–Kier alpha value is -1.07. The number of aliphatic hydroxyl groups excluding tert-OH is 1. The van der Waals surface area contributed by atoms with Crippen LogP contribution in [0.25, 0.3) is 0 Å². The van der Waals surface area contributed by atoms with Crippen molar-refractivity contribution >= 4 is 7.82 Å². The molecule has 1 rings (SSSR count). The molecule has 1 heterocycles. The van der Waals surface area contributed by atoms with Crippen molar-refractivity contribution in [1.82, 2.24) is 0 Å². The second kappa shape index (κ2) is 13.2. The van der Waals surface area contributed by atoms with Crippen LogP contribution in [0.5, 0.6) is 0 Å². The number of nitrogens with zero attached hydrogens (tertiary/aromatic N) is 2. The van der Waals surface area contributed by atoms with Crippen LogP contribution in [0, 0.1) is 12.3 Å². The van der Waals surface area contributed by atoms with Gasteiger partial charge in [-0.05, 0) is 38.5 Å². The van der Waals surface area contributed by atoms with Crippen molar-refractivity contribution in [3.05, 3.63) is 12.2 Å². The normalized spacial score (nSPS) is 19.2. The fourth-order valence-electron chi connectivity index (χ4n) is 2.93. The minimum Gasteiger partial charge on any atom is -0.756 e. The molecule has 5 N–H and O–H groups in total. The third kappa shape index (κ3) is 12.4. The van der Waals surface area contributed by atoms with E-state index < -0.39 is 20.0 Å². The highest BCUT2D eigenvalue weighted by Crippen LogP contribution is 2.38. The Morgan fingerprint density at radius 1 is 1.18 bits per heavy atom. The molecule has 9 heteroatoms. The lowest BCUT2D eigenvalue weighted by molar-refractivity contribution is -0.438. The van der Waals surface area contributed by atoms with Crippen molar-refractivity contribution in [3.63, 3.8) is 0 Å². The molecule has 0 amide bonds. The Labute approximate surface area is 167 Å². The minimum absolute atomic E-state index is 0.110. The maximum Gasteiger partial charge on any atom is 0.265 e. The number of phosphoric ester groups is 1. The van der Waals surface area contributed by atoms with Crippen LogP contribution < -0.4 is 10.6 Å². The Bertz CT molecular complexity index is 579. The number of hydrogen-bond donors (Lipinski definition) is 3. The van der Waals surface area contributed by atoms with E-state index in [1.54, 1.807) is 6.08 Å². The SMILES string of the molecule is C#CCCCC1(CCCCCCCC/C=C/C(O)C([NH3+])COP(=O)([O-])O)N=N1. The van der Waals surface area contributed by atoms with E-state index in [0.29, 0.717) is 0 Å². The number of quaternary nitrogens is 1. The van der Waals surface area contributed by atoms with Crippen LogP contribution in [0.1, 0.15) is 70.6 Å². The van der Waals surface area contributed by atoms with Gasteiger partial charge in [-0.3, -0.25) is 4.57 Å². The molecule has 3 atom stereocenters. The molecule has 0 aromatic carbocycles. The molecular formula is C19H34N3O5P. The van der Waals surface area contributed by atoms with Gasteiger partial charge in [-0.15, -0.1) is 12.3 Å². The van der Waals surface area contributed by atoms with Crippen molar-refractivity contribution in [3.8, 4) is 12.3 Å². The average Bonchev–Trinajstić information content (AvgIpc) is 3.40. The van der Waals surface area contributed by atoms with Gasteiger partial charge in [0.25, 0.3) is 7.82 Å². The first-order chi connectivity index (χ1) is 13.3. The molecule has 0 bridgehead atoms. The molecule has 0 saturated heterocycles. The van der Waals surface area contributed by atoms with Crippen molar-refractivity contribution in [2.24, 2.45) is 10.2 Å². The lowest BCUT2D eigenvalue weighted by Crippen LogP contribution is -2.68. The zero-order valence-electron chi connectivity index (χ0n) is 16.5. The molecule has 8 nitrogen and oxygen atoms in total. The molecule has 0 fully saturated rings. The first kappa shape index (κ1) is 25.0. The Kier molecular flexibility index (Phi) is 11.8. The first-order valence-electron chi connectivity index (χ1n) is 10.0. The maximum absolute atomic E-state index is 10.5. The highest BCUT2D eigenvalue weighted by atomic mass is 31.2. The number of aliphatic hydroxyl groups is 1. The summed E-state index contributed by atoms with van der Waals surface area (Å²) in [6.45, 7) is -0.353. The van der Waals surface area contributed by atoms with Gasteiger partial charge < -0.3 is 25.2 Å². The zero-order valence-corrected chi connectivity index (χ0v) is 17.4. The van der Waals surface area contributed by atoms with Crippen molar-refractivity contribution in [1.29, 1.82) is 0 Å².